The Kier molecular flexibility index (Phi) is 4.29. The Balaban J connectivity index is 3.18. The Labute approximate surface area is 104 Å². The summed E-state index contributed by atoms with van der Waals surface area (Å²) in [5.74, 6) is 0.890. The smallest absolute Gasteiger partial charge is 0.129 e. The van der Waals surface area contributed by atoms with E-state index in [4.69, 9.17) is 0 Å². The van der Waals surface area contributed by atoms with E-state index in [0.29, 0.717) is 0 Å². The highest BCUT2D eigenvalue weighted by atomic mass is 16.3. The molecule has 0 spiro atoms. The second kappa shape index (κ2) is 5.32. The van der Waals surface area contributed by atoms with Crippen molar-refractivity contribution in [1.82, 2.24) is 4.98 Å². The number of aryl methyl sites for hydroxylation is 1. The molecule has 0 saturated heterocycles. The van der Waals surface area contributed by atoms with Gasteiger partial charge in [-0.25, -0.2) is 4.98 Å². The number of hydrogen-bond donors (Lipinski definition) is 1. The molecular weight excluding hydrogens is 212 g/mol. The molecule has 1 rings (SSSR count). The highest BCUT2D eigenvalue weighted by molar-refractivity contribution is 5.45. The molecule has 0 saturated carbocycles. The zero-order chi connectivity index (χ0) is 13.1. The van der Waals surface area contributed by atoms with Crippen molar-refractivity contribution in [2.24, 2.45) is 0 Å². The third kappa shape index (κ3) is 3.56. The van der Waals surface area contributed by atoms with E-state index in [1.165, 1.54) is 0 Å². The van der Waals surface area contributed by atoms with Crippen molar-refractivity contribution in [3.8, 4) is 0 Å². The molecule has 0 unspecified atom stereocenters. The summed E-state index contributed by atoms with van der Waals surface area (Å²) in [6.07, 6.45) is 1.87. The first-order valence-corrected chi connectivity index (χ1v) is 5.85. The van der Waals surface area contributed by atoms with Crippen LogP contribution in [0.15, 0.2) is 24.8 Å². The van der Waals surface area contributed by atoms with E-state index in [9.17, 15) is 5.11 Å². The van der Waals surface area contributed by atoms with Gasteiger partial charge in [-0.3, -0.25) is 0 Å². The van der Waals surface area contributed by atoms with E-state index in [1.807, 2.05) is 25.1 Å². The van der Waals surface area contributed by atoms with Gasteiger partial charge in [0, 0.05) is 17.8 Å². The van der Waals surface area contributed by atoms with Crippen LogP contribution in [0.25, 0.3) is 0 Å². The van der Waals surface area contributed by atoms with Gasteiger partial charge in [0.05, 0.1) is 6.61 Å². The summed E-state index contributed by atoms with van der Waals surface area (Å²) in [6, 6.07) is 3.83. The molecule has 0 amide bonds. The molecule has 1 aromatic heterocycles. The zero-order valence-corrected chi connectivity index (χ0v) is 11.2. The van der Waals surface area contributed by atoms with E-state index in [1.54, 1.807) is 0 Å². The van der Waals surface area contributed by atoms with E-state index in [-0.39, 0.29) is 12.1 Å². The Hall–Kier alpha value is -1.35. The van der Waals surface area contributed by atoms with Gasteiger partial charge < -0.3 is 10.0 Å². The minimum absolute atomic E-state index is 0.0261. The van der Waals surface area contributed by atoms with Crippen LogP contribution < -0.4 is 4.90 Å². The first-order valence-electron chi connectivity index (χ1n) is 5.85. The number of anilines is 1. The maximum atomic E-state index is 9.23. The fourth-order valence-corrected chi connectivity index (χ4v) is 1.79. The third-order valence-electron chi connectivity index (χ3n) is 2.58. The van der Waals surface area contributed by atoms with Crippen LogP contribution in [-0.4, -0.2) is 22.2 Å². The number of nitrogens with zero attached hydrogens (tertiary/aromatic N) is 2. The number of hydrogen-bond acceptors (Lipinski definition) is 3. The minimum Gasteiger partial charge on any atom is -0.392 e. The maximum absolute atomic E-state index is 9.23. The van der Waals surface area contributed by atoms with Gasteiger partial charge in [0.15, 0.2) is 0 Å². The molecule has 0 radical (unpaired) electrons. The quantitative estimate of drug-likeness (QED) is 0.814. The normalized spacial score (nSPS) is 11.4. The van der Waals surface area contributed by atoms with Gasteiger partial charge in [0.1, 0.15) is 5.82 Å². The van der Waals surface area contributed by atoms with Crippen molar-refractivity contribution >= 4 is 5.82 Å². The summed E-state index contributed by atoms with van der Waals surface area (Å²) in [6.45, 7) is 12.9. The summed E-state index contributed by atoms with van der Waals surface area (Å²) in [5.41, 5.74) is 1.79. The van der Waals surface area contributed by atoms with Gasteiger partial charge >= 0.3 is 0 Å². The van der Waals surface area contributed by atoms with Crippen LogP contribution in [0.2, 0.25) is 0 Å². The molecular formula is C14H22N2O. The van der Waals surface area contributed by atoms with Crippen LogP contribution in [0.1, 0.15) is 32.0 Å². The molecule has 3 nitrogen and oxygen atoms in total. The lowest BCUT2D eigenvalue weighted by atomic mass is 10.1. The van der Waals surface area contributed by atoms with Crippen molar-refractivity contribution in [2.45, 2.75) is 39.8 Å². The van der Waals surface area contributed by atoms with Gasteiger partial charge in [0.2, 0.25) is 0 Å². The van der Waals surface area contributed by atoms with Crippen LogP contribution >= 0.6 is 0 Å². The van der Waals surface area contributed by atoms with Gasteiger partial charge in [-0.15, -0.1) is 6.58 Å². The fourth-order valence-electron chi connectivity index (χ4n) is 1.79. The van der Waals surface area contributed by atoms with Crippen LogP contribution in [-0.2, 0) is 6.61 Å². The molecule has 1 aromatic rings. The molecule has 94 valence electrons. The van der Waals surface area contributed by atoms with Crippen molar-refractivity contribution in [3.63, 3.8) is 0 Å². The van der Waals surface area contributed by atoms with Gasteiger partial charge in [-0.05, 0) is 45.4 Å². The van der Waals surface area contributed by atoms with Gasteiger partial charge in [-0.2, -0.15) is 0 Å². The third-order valence-corrected chi connectivity index (χ3v) is 2.58. The molecule has 0 aromatic carbocycles. The number of pyridine rings is 1. The van der Waals surface area contributed by atoms with Gasteiger partial charge in [-0.1, -0.05) is 6.08 Å². The molecule has 0 bridgehead atoms. The van der Waals surface area contributed by atoms with Crippen molar-refractivity contribution in [3.05, 3.63) is 36.0 Å². The minimum atomic E-state index is -0.0261. The van der Waals surface area contributed by atoms with Gasteiger partial charge in [0.25, 0.3) is 0 Å². The molecule has 1 N–H and O–H groups in total. The predicted octanol–water partition coefficient (Wildman–Crippen LogP) is 2.67. The molecule has 17 heavy (non-hydrogen) atoms. The highest BCUT2D eigenvalue weighted by Crippen LogP contribution is 2.23. The Morgan fingerprint density at radius 3 is 2.53 bits per heavy atom. The molecule has 0 aliphatic rings. The average molecular weight is 234 g/mol. The first kappa shape index (κ1) is 13.7. The zero-order valence-electron chi connectivity index (χ0n) is 11.2. The SMILES string of the molecule is C=CCN(c1cc(CO)cc(C)n1)C(C)(C)C. The number of rotatable bonds is 4. The van der Waals surface area contributed by atoms with Crippen LogP contribution in [0.3, 0.4) is 0 Å². The summed E-state index contributed by atoms with van der Waals surface area (Å²) in [7, 11) is 0. The second-order valence-electron chi connectivity index (χ2n) is 5.20. The largest absolute Gasteiger partial charge is 0.392 e. The van der Waals surface area contributed by atoms with Crippen molar-refractivity contribution in [1.29, 1.82) is 0 Å². The molecule has 3 heteroatoms. The molecule has 0 aliphatic heterocycles. The van der Waals surface area contributed by atoms with E-state index < -0.39 is 0 Å². The monoisotopic (exact) mass is 234 g/mol. The number of aliphatic hydroxyl groups is 1. The maximum Gasteiger partial charge on any atom is 0.129 e. The summed E-state index contributed by atoms with van der Waals surface area (Å²) >= 11 is 0. The Morgan fingerprint density at radius 1 is 1.41 bits per heavy atom. The lowest BCUT2D eigenvalue weighted by Gasteiger charge is -2.36. The standard InChI is InChI=1S/C14H22N2O/c1-6-7-16(14(3,4)5)13-9-12(10-17)8-11(2)15-13/h6,8-9,17H,1,7,10H2,2-5H3. The molecule has 0 fully saturated rings. The van der Waals surface area contributed by atoms with Crippen molar-refractivity contribution in [2.75, 3.05) is 11.4 Å². The topological polar surface area (TPSA) is 36.4 Å². The molecule has 0 atom stereocenters. The Bertz CT molecular complexity index is 394. The highest BCUT2D eigenvalue weighted by Gasteiger charge is 2.21. The lowest BCUT2D eigenvalue weighted by molar-refractivity contribution is 0.281. The van der Waals surface area contributed by atoms with E-state index in [2.05, 4.69) is 37.2 Å². The number of aliphatic hydroxyl groups excluding tert-OH is 1. The Morgan fingerprint density at radius 2 is 2.06 bits per heavy atom. The van der Waals surface area contributed by atoms with E-state index in [0.717, 1.165) is 23.6 Å². The van der Waals surface area contributed by atoms with Crippen molar-refractivity contribution < 1.29 is 5.11 Å². The molecule has 1 heterocycles. The average Bonchev–Trinajstić information content (AvgIpc) is 2.23. The fraction of sp³-hybridized carbons (Fsp3) is 0.500. The number of aromatic nitrogens is 1. The van der Waals surface area contributed by atoms with Crippen LogP contribution in [0, 0.1) is 6.92 Å². The summed E-state index contributed by atoms with van der Waals surface area (Å²) in [4.78, 5) is 6.71. The molecule has 0 aliphatic carbocycles. The first-order chi connectivity index (χ1) is 7.88. The van der Waals surface area contributed by atoms with Crippen LogP contribution in [0.5, 0.6) is 0 Å². The summed E-state index contributed by atoms with van der Waals surface area (Å²) in [5, 5.41) is 9.23. The van der Waals surface area contributed by atoms with Crippen LogP contribution in [0.4, 0.5) is 5.82 Å². The second-order valence-corrected chi connectivity index (χ2v) is 5.20. The predicted molar refractivity (Wildman–Crippen MR) is 72.2 cm³/mol. The van der Waals surface area contributed by atoms with E-state index >= 15 is 0 Å². The lowest BCUT2D eigenvalue weighted by Crippen LogP contribution is -2.42. The summed E-state index contributed by atoms with van der Waals surface area (Å²) < 4.78 is 0.